The van der Waals surface area contributed by atoms with E-state index in [1.807, 2.05) is 53.4 Å². The summed E-state index contributed by atoms with van der Waals surface area (Å²) in [5, 5.41) is 3.75. The molecule has 5 nitrogen and oxygen atoms in total. The van der Waals surface area contributed by atoms with Crippen LogP contribution in [0.4, 0.5) is 5.69 Å². The van der Waals surface area contributed by atoms with Gasteiger partial charge in [-0.2, -0.15) is 0 Å². The number of hydrogen-bond acceptors (Lipinski definition) is 3. The highest BCUT2D eigenvalue weighted by atomic mass is 16.3. The summed E-state index contributed by atoms with van der Waals surface area (Å²) in [6.07, 6.45) is 6.30. The smallest absolute Gasteiger partial charge is 0.291 e. The van der Waals surface area contributed by atoms with E-state index in [4.69, 9.17) is 4.42 Å². The van der Waals surface area contributed by atoms with Crippen molar-refractivity contribution in [3.05, 3.63) is 65.9 Å². The van der Waals surface area contributed by atoms with Gasteiger partial charge in [0.25, 0.3) is 5.91 Å². The Hall–Kier alpha value is -3.08. The van der Waals surface area contributed by atoms with Gasteiger partial charge in [-0.15, -0.1) is 0 Å². The standard InChI is InChI=1S/C24H26N2O3/c27-23(26-14-6-2-1-3-7-15-26)16-18-10-12-20(13-11-18)25-24(28)22-17-19-8-4-5-9-21(19)29-22/h4-5,8-13,17H,1-3,6-7,14-16H2,(H,25,28). The molecule has 150 valence electrons. The first kappa shape index (κ1) is 19.2. The van der Waals surface area contributed by atoms with Crippen molar-refractivity contribution in [1.82, 2.24) is 4.90 Å². The van der Waals surface area contributed by atoms with Crippen LogP contribution in [-0.4, -0.2) is 29.8 Å². The Kier molecular flexibility index (Phi) is 5.94. The average molecular weight is 390 g/mol. The third kappa shape index (κ3) is 4.86. The van der Waals surface area contributed by atoms with Crippen LogP contribution in [0.25, 0.3) is 11.0 Å². The van der Waals surface area contributed by atoms with Crippen molar-refractivity contribution >= 4 is 28.5 Å². The summed E-state index contributed by atoms with van der Waals surface area (Å²) in [5.74, 6) is 0.180. The summed E-state index contributed by atoms with van der Waals surface area (Å²) in [6, 6.07) is 16.7. The van der Waals surface area contributed by atoms with Crippen LogP contribution in [0.2, 0.25) is 0 Å². The number of carbonyl (C=O) groups excluding carboxylic acids is 2. The molecule has 1 aliphatic heterocycles. The summed E-state index contributed by atoms with van der Waals surface area (Å²) < 4.78 is 5.60. The van der Waals surface area contributed by atoms with Crippen LogP contribution < -0.4 is 5.32 Å². The molecule has 0 aliphatic carbocycles. The Morgan fingerprint density at radius 3 is 2.31 bits per heavy atom. The fourth-order valence-corrected chi connectivity index (χ4v) is 3.78. The van der Waals surface area contributed by atoms with Gasteiger partial charge in [0, 0.05) is 24.2 Å². The monoisotopic (exact) mass is 390 g/mol. The highest BCUT2D eigenvalue weighted by Crippen LogP contribution is 2.20. The topological polar surface area (TPSA) is 62.6 Å². The fraction of sp³-hybridized carbons (Fsp3) is 0.333. The lowest BCUT2D eigenvalue weighted by Gasteiger charge is -2.25. The van der Waals surface area contributed by atoms with E-state index in [9.17, 15) is 9.59 Å². The lowest BCUT2D eigenvalue weighted by atomic mass is 10.1. The Morgan fingerprint density at radius 1 is 0.897 bits per heavy atom. The van der Waals surface area contributed by atoms with Crippen LogP contribution in [0.15, 0.2) is 59.0 Å². The molecule has 1 aliphatic rings. The number of likely N-dealkylation sites (tertiary alicyclic amines) is 1. The van der Waals surface area contributed by atoms with Gasteiger partial charge in [-0.1, -0.05) is 49.6 Å². The summed E-state index contributed by atoms with van der Waals surface area (Å²) in [6.45, 7) is 1.73. The van der Waals surface area contributed by atoms with E-state index in [0.29, 0.717) is 17.7 Å². The molecule has 0 spiro atoms. The molecule has 1 aromatic heterocycles. The number of nitrogens with zero attached hydrogens (tertiary/aromatic N) is 1. The Balaban J connectivity index is 1.35. The lowest BCUT2D eigenvalue weighted by molar-refractivity contribution is -0.130. The predicted octanol–water partition coefficient (Wildman–Crippen LogP) is 5.02. The van der Waals surface area contributed by atoms with Gasteiger partial charge in [0.1, 0.15) is 5.58 Å². The van der Waals surface area contributed by atoms with Gasteiger partial charge >= 0.3 is 0 Å². The molecule has 0 saturated carbocycles. The number of amides is 2. The molecule has 2 amide bonds. The molecule has 0 bridgehead atoms. The molecular weight excluding hydrogens is 364 g/mol. The first-order valence-electron chi connectivity index (χ1n) is 10.4. The second-order valence-electron chi connectivity index (χ2n) is 7.62. The molecule has 2 heterocycles. The number of rotatable bonds is 4. The highest BCUT2D eigenvalue weighted by Gasteiger charge is 2.16. The fourth-order valence-electron chi connectivity index (χ4n) is 3.78. The second-order valence-corrected chi connectivity index (χ2v) is 7.62. The molecule has 4 rings (SSSR count). The summed E-state index contributed by atoms with van der Waals surface area (Å²) in [7, 11) is 0. The number of carbonyl (C=O) groups is 2. The van der Waals surface area contributed by atoms with Crippen LogP contribution in [-0.2, 0) is 11.2 Å². The van der Waals surface area contributed by atoms with Gasteiger partial charge in [-0.25, -0.2) is 0 Å². The van der Waals surface area contributed by atoms with E-state index in [2.05, 4.69) is 5.32 Å². The summed E-state index contributed by atoms with van der Waals surface area (Å²) in [5.41, 5.74) is 2.33. The van der Waals surface area contributed by atoms with E-state index in [1.54, 1.807) is 6.07 Å². The van der Waals surface area contributed by atoms with E-state index in [1.165, 1.54) is 19.3 Å². The van der Waals surface area contributed by atoms with E-state index < -0.39 is 0 Å². The minimum absolute atomic E-state index is 0.186. The van der Waals surface area contributed by atoms with E-state index >= 15 is 0 Å². The van der Waals surface area contributed by atoms with Crippen molar-refractivity contribution < 1.29 is 14.0 Å². The number of benzene rings is 2. The number of furan rings is 1. The van der Waals surface area contributed by atoms with Crippen molar-refractivity contribution in [2.24, 2.45) is 0 Å². The third-order valence-electron chi connectivity index (χ3n) is 5.43. The predicted molar refractivity (Wildman–Crippen MR) is 114 cm³/mol. The average Bonchev–Trinajstić information content (AvgIpc) is 3.13. The Morgan fingerprint density at radius 2 is 1.59 bits per heavy atom. The van der Waals surface area contributed by atoms with Gasteiger partial charge < -0.3 is 14.6 Å². The number of hydrogen-bond donors (Lipinski definition) is 1. The van der Waals surface area contributed by atoms with Gasteiger partial charge in [0.2, 0.25) is 5.91 Å². The van der Waals surface area contributed by atoms with Crippen molar-refractivity contribution in [2.75, 3.05) is 18.4 Å². The quantitative estimate of drug-likeness (QED) is 0.680. The molecule has 5 heteroatoms. The number of fused-ring (bicyclic) bond motifs is 1. The van der Waals surface area contributed by atoms with Crippen LogP contribution in [0.5, 0.6) is 0 Å². The van der Waals surface area contributed by atoms with Crippen molar-refractivity contribution in [1.29, 1.82) is 0 Å². The maximum atomic E-state index is 12.6. The molecule has 1 N–H and O–H groups in total. The normalized spacial score (nSPS) is 15.0. The zero-order chi connectivity index (χ0) is 20.1. The Bertz CT molecular complexity index is 950. The van der Waals surface area contributed by atoms with Crippen LogP contribution >= 0.6 is 0 Å². The molecule has 0 atom stereocenters. The first-order chi connectivity index (χ1) is 14.2. The first-order valence-corrected chi connectivity index (χ1v) is 10.4. The minimum atomic E-state index is -0.286. The maximum absolute atomic E-state index is 12.6. The number of para-hydroxylation sites is 1. The summed E-state index contributed by atoms with van der Waals surface area (Å²) >= 11 is 0. The van der Waals surface area contributed by atoms with Crippen LogP contribution in [0.1, 0.15) is 48.2 Å². The van der Waals surface area contributed by atoms with Gasteiger partial charge in [-0.3, -0.25) is 9.59 Å². The highest BCUT2D eigenvalue weighted by molar-refractivity contribution is 6.04. The zero-order valence-corrected chi connectivity index (χ0v) is 16.5. The molecule has 2 aromatic carbocycles. The molecule has 3 aromatic rings. The van der Waals surface area contributed by atoms with Gasteiger partial charge in [0.15, 0.2) is 5.76 Å². The third-order valence-corrected chi connectivity index (χ3v) is 5.43. The van der Waals surface area contributed by atoms with Crippen molar-refractivity contribution in [2.45, 2.75) is 38.5 Å². The van der Waals surface area contributed by atoms with E-state index in [0.717, 1.165) is 36.9 Å². The summed E-state index contributed by atoms with van der Waals surface area (Å²) in [4.78, 5) is 27.1. The SMILES string of the molecule is O=C(Nc1ccc(CC(=O)N2CCCCCCC2)cc1)c1cc2ccccc2o1. The maximum Gasteiger partial charge on any atom is 0.291 e. The largest absolute Gasteiger partial charge is 0.451 e. The van der Waals surface area contributed by atoms with E-state index in [-0.39, 0.29) is 17.6 Å². The molecule has 29 heavy (non-hydrogen) atoms. The molecule has 1 fully saturated rings. The molecule has 1 saturated heterocycles. The molecular formula is C24H26N2O3. The second kappa shape index (κ2) is 8.95. The molecule has 0 radical (unpaired) electrons. The zero-order valence-electron chi connectivity index (χ0n) is 16.5. The minimum Gasteiger partial charge on any atom is -0.451 e. The van der Waals surface area contributed by atoms with Gasteiger partial charge in [0.05, 0.1) is 6.42 Å². The number of nitrogens with one attached hydrogen (secondary N) is 1. The number of anilines is 1. The molecule has 0 unspecified atom stereocenters. The lowest BCUT2D eigenvalue weighted by Crippen LogP contribution is -2.34. The van der Waals surface area contributed by atoms with Crippen LogP contribution in [0.3, 0.4) is 0 Å². The van der Waals surface area contributed by atoms with Crippen molar-refractivity contribution in [3.63, 3.8) is 0 Å². The van der Waals surface area contributed by atoms with Crippen LogP contribution in [0, 0.1) is 0 Å². The van der Waals surface area contributed by atoms with Gasteiger partial charge in [-0.05, 0) is 42.7 Å². The van der Waals surface area contributed by atoms with Crippen molar-refractivity contribution in [3.8, 4) is 0 Å². The Labute approximate surface area is 170 Å².